The van der Waals surface area contributed by atoms with Crippen LogP contribution in [0.5, 0.6) is 0 Å². The Labute approximate surface area is 84.3 Å². The quantitative estimate of drug-likeness (QED) is 0.715. The predicted molar refractivity (Wildman–Crippen MR) is 46.5 cm³/mol. The lowest BCUT2D eigenvalue weighted by atomic mass is 10.4. The molecule has 72 valence electrons. The molecule has 0 aliphatic carbocycles. The smallest absolute Gasteiger partial charge is 0.369 e. The van der Waals surface area contributed by atoms with Gasteiger partial charge in [0.2, 0.25) is 0 Å². The molecule has 13 heavy (non-hydrogen) atoms. The average Bonchev–Trinajstić information content (AvgIpc) is 1.94. The van der Waals surface area contributed by atoms with Gasteiger partial charge < -0.3 is 10.7 Å². The van der Waals surface area contributed by atoms with Crippen LogP contribution in [0.4, 0.5) is 19.1 Å². The molecule has 0 aliphatic rings. The molecule has 0 aliphatic heterocycles. The maximum Gasteiger partial charge on any atom is 0.432 e. The molecule has 1 aromatic rings. The van der Waals surface area contributed by atoms with E-state index in [-0.39, 0.29) is 15.1 Å². The molecule has 0 saturated heterocycles. The zero-order chi connectivity index (χ0) is 10.2. The summed E-state index contributed by atoms with van der Waals surface area (Å²) in [7, 11) is 0. The van der Waals surface area contributed by atoms with Crippen LogP contribution in [0, 0.1) is 4.64 Å². The second kappa shape index (κ2) is 3.26. The lowest BCUT2D eigenvalue weighted by Crippen LogP contribution is -2.12. The molecule has 8 heteroatoms. The monoisotopic (exact) mass is 273 g/mol. The van der Waals surface area contributed by atoms with Crippen molar-refractivity contribution in [1.29, 1.82) is 0 Å². The molecule has 1 rings (SSSR count). The largest absolute Gasteiger partial charge is 0.432 e. The molecule has 3 nitrogen and oxygen atoms in total. The standard InChI is InChI=1S/C5H3BrF3N3S/c6-1-2(5(7,8)9)11-4(10)12-3(1)13/h(H3,10,11,12,13). The van der Waals surface area contributed by atoms with Gasteiger partial charge >= 0.3 is 6.18 Å². The lowest BCUT2D eigenvalue weighted by molar-refractivity contribution is -0.141. The highest BCUT2D eigenvalue weighted by molar-refractivity contribution is 9.10. The van der Waals surface area contributed by atoms with Crippen molar-refractivity contribution in [3.8, 4) is 0 Å². The molecular weight excluding hydrogens is 271 g/mol. The summed E-state index contributed by atoms with van der Waals surface area (Å²) < 4.78 is 36.1. The molecular formula is C5H3BrF3N3S. The number of nitrogens with two attached hydrogens (primary N) is 1. The third-order valence-corrected chi connectivity index (χ3v) is 2.50. The van der Waals surface area contributed by atoms with Crippen molar-refractivity contribution >= 4 is 34.1 Å². The van der Waals surface area contributed by atoms with Gasteiger partial charge in [0.05, 0.1) is 4.47 Å². The number of anilines is 1. The van der Waals surface area contributed by atoms with E-state index in [9.17, 15) is 13.2 Å². The molecule has 0 aromatic carbocycles. The Bertz CT molecular complexity index is 386. The number of hydrogen-bond donors (Lipinski definition) is 2. The molecule has 0 spiro atoms. The van der Waals surface area contributed by atoms with Crippen LogP contribution >= 0.6 is 28.1 Å². The van der Waals surface area contributed by atoms with Gasteiger partial charge in [-0.3, -0.25) is 0 Å². The molecule has 0 saturated carbocycles. The Morgan fingerprint density at radius 1 is 1.46 bits per heavy atom. The van der Waals surface area contributed by atoms with E-state index < -0.39 is 11.9 Å². The third-order valence-electron chi connectivity index (χ3n) is 1.17. The average molecular weight is 274 g/mol. The predicted octanol–water partition coefficient (Wildman–Crippen LogP) is 2.50. The number of nitrogens with one attached hydrogen (secondary N) is 1. The van der Waals surface area contributed by atoms with E-state index in [0.29, 0.717) is 0 Å². The highest BCUT2D eigenvalue weighted by Crippen LogP contribution is 2.33. The van der Waals surface area contributed by atoms with Crippen molar-refractivity contribution in [1.82, 2.24) is 9.97 Å². The van der Waals surface area contributed by atoms with Crippen LogP contribution in [0.1, 0.15) is 5.69 Å². The van der Waals surface area contributed by atoms with E-state index in [2.05, 4.69) is 33.1 Å². The Morgan fingerprint density at radius 2 is 2.00 bits per heavy atom. The van der Waals surface area contributed by atoms with Gasteiger partial charge in [0.25, 0.3) is 0 Å². The number of nitrogen functional groups attached to an aromatic ring is 1. The zero-order valence-electron chi connectivity index (χ0n) is 5.94. The van der Waals surface area contributed by atoms with Crippen LogP contribution < -0.4 is 5.73 Å². The molecule has 1 aromatic heterocycles. The van der Waals surface area contributed by atoms with Gasteiger partial charge in [0, 0.05) is 0 Å². The van der Waals surface area contributed by atoms with E-state index in [0.717, 1.165) is 0 Å². The Morgan fingerprint density at radius 3 is 2.46 bits per heavy atom. The van der Waals surface area contributed by atoms with Gasteiger partial charge in [-0.15, -0.1) is 0 Å². The van der Waals surface area contributed by atoms with E-state index in [4.69, 9.17) is 5.73 Å². The van der Waals surface area contributed by atoms with Gasteiger partial charge in [-0.2, -0.15) is 13.2 Å². The van der Waals surface area contributed by atoms with Crippen molar-refractivity contribution in [2.24, 2.45) is 0 Å². The molecule has 0 fully saturated rings. The molecule has 0 bridgehead atoms. The first-order valence-corrected chi connectivity index (χ1v) is 4.15. The highest BCUT2D eigenvalue weighted by atomic mass is 79.9. The van der Waals surface area contributed by atoms with E-state index >= 15 is 0 Å². The van der Waals surface area contributed by atoms with Crippen molar-refractivity contribution < 1.29 is 13.2 Å². The normalized spacial score (nSPS) is 11.7. The van der Waals surface area contributed by atoms with Gasteiger partial charge in [0.1, 0.15) is 10.3 Å². The van der Waals surface area contributed by atoms with E-state index in [1.54, 1.807) is 0 Å². The minimum Gasteiger partial charge on any atom is -0.369 e. The summed E-state index contributed by atoms with van der Waals surface area (Å²) in [6.07, 6.45) is -4.52. The number of nitrogens with zero attached hydrogens (tertiary/aromatic N) is 1. The van der Waals surface area contributed by atoms with Gasteiger partial charge in [-0.1, -0.05) is 12.2 Å². The minimum atomic E-state index is -4.52. The first-order chi connectivity index (χ1) is 5.82. The first kappa shape index (κ1) is 10.5. The van der Waals surface area contributed by atoms with Crippen molar-refractivity contribution in [3.05, 3.63) is 14.8 Å². The second-order valence-corrected chi connectivity index (χ2v) is 3.29. The molecule has 0 radical (unpaired) electrons. The van der Waals surface area contributed by atoms with Crippen molar-refractivity contribution in [2.45, 2.75) is 6.18 Å². The molecule has 0 unspecified atom stereocenters. The van der Waals surface area contributed by atoms with Gasteiger partial charge in [0.15, 0.2) is 5.95 Å². The fraction of sp³-hybridized carbons (Fsp3) is 0.200. The van der Waals surface area contributed by atoms with Crippen molar-refractivity contribution in [3.63, 3.8) is 0 Å². The van der Waals surface area contributed by atoms with Crippen LogP contribution in [0.2, 0.25) is 0 Å². The molecule has 0 atom stereocenters. The Hall–Kier alpha value is -0.630. The number of aromatic amines is 1. The summed E-state index contributed by atoms with van der Waals surface area (Å²) in [4.78, 5) is 5.32. The minimum absolute atomic E-state index is 0.219. The summed E-state index contributed by atoms with van der Waals surface area (Å²) in [6.45, 7) is 0. The molecule has 0 amide bonds. The lowest BCUT2D eigenvalue weighted by Gasteiger charge is -2.08. The maximum absolute atomic E-state index is 12.2. The maximum atomic E-state index is 12.2. The first-order valence-electron chi connectivity index (χ1n) is 2.95. The van der Waals surface area contributed by atoms with Gasteiger partial charge in [-0.25, -0.2) is 4.98 Å². The van der Waals surface area contributed by atoms with Crippen LogP contribution in [0.15, 0.2) is 4.47 Å². The number of halogens is 4. The van der Waals surface area contributed by atoms with Crippen LogP contribution in [-0.2, 0) is 6.18 Å². The van der Waals surface area contributed by atoms with Crippen LogP contribution in [0.25, 0.3) is 0 Å². The van der Waals surface area contributed by atoms with Crippen LogP contribution in [-0.4, -0.2) is 9.97 Å². The summed E-state index contributed by atoms with van der Waals surface area (Å²) >= 11 is 7.22. The third kappa shape index (κ3) is 2.19. The van der Waals surface area contributed by atoms with Crippen molar-refractivity contribution in [2.75, 3.05) is 5.73 Å². The summed E-state index contributed by atoms with van der Waals surface area (Å²) in [5, 5.41) is 0. The topological polar surface area (TPSA) is 54.7 Å². The number of aromatic nitrogens is 2. The fourth-order valence-corrected chi connectivity index (χ4v) is 1.28. The van der Waals surface area contributed by atoms with E-state index in [1.165, 1.54) is 0 Å². The molecule has 1 heterocycles. The second-order valence-electron chi connectivity index (χ2n) is 2.11. The number of rotatable bonds is 0. The zero-order valence-corrected chi connectivity index (χ0v) is 8.35. The van der Waals surface area contributed by atoms with E-state index in [1.807, 2.05) is 4.98 Å². The Balaban J connectivity index is 3.46. The summed E-state index contributed by atoms with van der Waals surface area (Å²) in [6, 6.07) is 0. The summed E-state index contributed by atoms with van der Waals surface area (Å²) in [5.74, 6) is -0.361. The summed E-state index contributed by atoms with van der Waals surface area (Å²) in [5.41, 5.74) is 4.05. The van der Waals surface area contributed by atoms with Crippen LogP contribution in [0.3, 0.4) is 0 Å². The number of hydrogen-bond acceptors (Lipinski definition) is 3. The Kier molecular flexibility index (Phi) is 2.62. The number of alkyl halides is 3. The SMILES string of the molecule is Nc1nc(=S)c(Br)c(C(F)(F)F)[nH]1. The molecule has 3 N–H and O–H groups in total. The number of H-pyrrole nitrogens is 1. The highest BCUT2D eigenvalue weighted by Gasteiger charge is 2.35. The van der Waals surface area contributed by atoms with Gasteiger partial charge in [-0.05, 0) is 15.9 Å². The fourth-order valence-electron chi connectivity index (χ4n) is 0.672.